The van der Waals surface area contributed by atoms with Gasteiger partial charge in [-0.25, -0.2) is 4.98 Å². The molecular formula is C12H19NO. The second-order valence-corrected chi connectivity index (χ2v) is 3.89. The van der Waals surface area contributed by atoms with Crippen LogP contribution in [0.25, 0.3) is 0 Å². The molecule has 0 N–H and O–H groups in total. The summed E-state index contributed by atoms with van der Waals surface area (Å²) in [5.41, 5.74) is 1.28. The second-order valence-electron chi connectivity index (χ2n) is 3.89. The lowest BCUT2D eigenvalue weighted by atomic mass is 10.1. The highest BCUT2D eigenvalue weighted by Crippen LogP contribution is 2.10. The smallest absolute Gasteiger partial charge is 0.213 e. The minimum atomic E-state index is 0.685. The fraction of sp³-hybridized carbons (Fsp3) is 0.583. The third-order valence-corrected chi connectivity index (χ3v) is 2.15. The highest BCUT2D eigenvalue weighted by atomic mass is 16.5. The average Bonchev–Trinajstić information content (AvgIpc) is 2.18. The topological polar surface area (TPSA) is 22.1 Å². The van der Waals surface area contributed by atoms with Crippen LogP contribution in [-0.4, -0.2) is 11.6 Å². The first kappa shape index (κ1) is 11.0. The van der Waals surface area contributed by atoms with Crippen molar-refractivity contribution >= 4 is 0 Å². The van der Waals surface area contributed by atoms with E-state index in [1.54, 1.807) is 0 Å². The van der Waals surface area contributed by atoms with Gasteiger partial charge in [-0.3, -0.25) is 0 Å². The summed E-state index contributed by atoms with van der Waals surface area (Å²) in [6.45, 7) is 7.28. The third kappa shape index (κ3) is 3.77. The van der Waals surface area contributed by atoms with E-state index < -0.39 is 0 Å². The van der Waals surface area contributed by atoms with Gasteiger partial charge in [0.05, 0.1) is 6.61 Å². The zero-order valence-electron chi connectivity index (χ0n) is 9.29. The summed E-state index contributed by atoms with van der Waals surface area (Å²) < 4.78 is 5.55. The van der Waals surface area contributed by atoms with Gasteiger partial charge in [0.1, 0.15) is 0 Å². The lowest BCUT2D eigenvalue weighted by Gasteiger charge is -2.07. The number of ether oxygens (including phenoxy) is 1. The molecule has 2 nitrogen and oxygen atoms in total. The first-order valence-electron chi connectivity index (χ1n) is 5.30. The molecular weight excluding hydrogens is 174 g/mol. The minimum absolute atomic E-state index is 0.685. The zero-order valence-corrected chi connectivity index (χ0v) is 9.29. The summed E-state index contributed by atoms with van der Waals surface area (Å²) in [6, 6.07) is 4.04. The van der Waals surface area contributed by atoms with E-state index in [1.165, 1.54) is 5.56 Å². The molecule has 0 saturated heterocycles. The van der Waals surface area contributed by atoms with E-state index in [2.05, 4.69) is 25.8 Å². The molecule has 0 fully saturated rings. The maximum absolute atomic E-state index is 5.55. The highest BCUT2D eigenvalue weighted by molar-refractivity contribution is 5.20. The molecule has 2 heteroatoms. The van der Waals surface area contributed by atoms with Crippen molar-refractivity contribution in [1.29, 1.82) is 0 Å². The number of pyridine rings is 1. The van der Waals surface area contributed by atoms with Gasteiger partial charge in [0.25, 0.3) is 0 Å². The molecule has 1 aromatic heterocycles. The summed E-state index contributed by atoms with van der Waals surface area (Å²) in [5, 5.41) is 0. The van der Waals surface area contributed by atoms with Crippen molar-refractivity contribution in [3.8, 4) is 5.88 Å². The number of aryl methyl sites for hydroxylation is 1. The van der Waals surface area contributed by atoms with Crippen LogP contribution in [0.4, 0.5) is 0 Å². The van der Waals surface area contributed by atoms with Crippen molar-refractivity contribution < 1.29 is 4.74 Å². The summed E-state index contributed by atoms with van der Waals surface area (Å²) in [6.07, 6.45) is 3.92. The van der Waals surface area contributed by atoms with E-state index in [9.17, 15) is 0 Å². The van der Waals surface area contributed by atoms with Crippen LogP contribution in [-0.2, 0) is 6.42 Å². The van der Waals surface area contributed by atoms with Crippen molar-refractivity contribution in [2.24, 2.45) is 5.92 Å². The molecule has 0 aliphatic carbocycles. The van der Waals surface area contributed by atoms with Gasteiger partial charge in [-0.1, -0.05) is 20.8 Å². The van der Waals surface area contributed by atoms with Gasteiger partial charge >= 0.3 is 0 Å². The van der Waals surface area contributed by atoms with Crippen molar-refractivity contribution in [2.45, 2.75) is 33.6 Å². The van der Waals surface area contributed by atoms with E-state index in [4.69, 9.17) is 4.74 Å². The summed E-state index contributed by atoms with van der Waals surface area (Å²) in [4.78, 5) is 4.16. The van der Waals surface area contributed by atoms with E-state index in [1.807, 2.05) is 18.3 Å². The molecule has 0 radical (unpaired) electrons. The SMILES string of the molecule is CCc1ccnc(OCCC(C)C)c1. The first-order valence-corrected chi connectivity index (χ1v) is 5.30. The van der Waals surface area contributed by atoms with Crippen LogP contribution in [0.15, 0.2) is 18.3 Å². The first-order chi connectivity index (χ1) is 6.72. The Hall–Kier alpha value is -1.05. The number of aromatic nitrogens is 1. The Morgan fingerprint density at radius 2 is 2.21 bits per heavy atom. The van der Waals surface area contributed by atoms with Gasteiger partial charge in [0, 0.05) is 12.3 Å². The van der Waals surface area contributed by atoms with Crippen LogP contribution in [0.1, 0.15) is 32.8 Å². The van der Waals surface area contributed by atoms with Crippen LogP contribution in [0, 0.1) is 5.92 Å². The molecule has 0 saturated carbocycles. The Labute approximate surface area is 86.3 Å². The van der Waals surface area contributed by atoms with Gasteiger partial charge < -0.3 is 4.74 Å². The summed E-state index contributed by atoms with van der Waals surface area (Å²) in [7, 11) is 0. The van der Waals surface area contributed by atoms with Crippen molar-refractivity contribution in [3.05, 3.63) is 23.9 Å². The normalized spacial score (nSPS) is 10.6. The Kier molecular flexibility index (Phi) is 4.44. The fourth-order valence-corrected chi connectivity index (χ4v) is 1.15. The molecule has 14 heavy (non-hydrogen) atoms. The van der Waals surface area contributed by atoms with Crippen LogP contribution >= 0.6 is 0 Å². The van der Waals surface area contributed by atoms with E-state index in [0.29, 0.717) is 5.92 Å². The molecule has 0 aliphatic rings. The van der Waals surface area contributed by atoms with Crippen LogP contribution in [0.3, 0.4) is 0 Å². The molecule has 0 spiro atoms. The molecule has 1 heterocycles. The van der Waals surface area contributed by atoms with Crippen LogP contribution in [0.5, 0.6) is 5.88 Å². The monoisotopic (exact) mass is 193 g/mol. The second kappa shape index (κ2) is 5.63. The quantitative estimate of drug-likeness (QED) is 0.717. The van der Waals surface area contributed by atoms with Gasteiger partial charge in [0.15, 0.2) is 0 Å². The lowest BCUT2D eigenvalue weighted by molar-refractivity contribution is 0.279. The highest BCUT2D eigenvalue weighted by Gasteiger charge is 1.98. The van der Waals surface area contributed by atoms with Gasteiger partial charge in [-0.2, -0.15) is 0 Å². The molecule has 0 atom stereocenters. The summed E-state index contributed by atoms with van der Waals surface area (Å²) in [5.74, 6) is 1.44. The zero-order chi connectivity index (χ0) is 10.4. The van der Waals surface area contributed by atoms with Gasteiger partial charge in [0.2, 0.25) is 5.88 Å². The van der Waals surface area contributed by atoms with Crippen LogP contribution in [0.2, 0.25) is 0 Å². The molecule has 0 aromatic carbocycles. The molecule has 0 unspecified atom stereocenters. The summed E-state index contributed by atoms with van der Waals surface area (Å²) >= 11 is 0. The Morgan fingerprint density at radius 3 is 2.86 bits per heavy atom. The van der Waals surface area contributed by atoms with Gasteiger partial charge in [-0.15, -0.1) is 0 Å². The predicted molar refractivity (Wildman–Crippen MR) is 58.6 cm³/mol. The fourth-order valence-electron chi connectivity index (χ4n) is 1.15. The Bertz CT molecular complexity index is 271. The number of nitrogens with zero attached hydrogens (tertiary/aromatic N) is 1. The molecule has 78 valence electrons. The standard InChI is InChI=1S/C12H19NO/c1-4-11-5-7-13-12(9-11)14-8-6-10(2)3/h5,7,9-10H,4,6,8H2,1-3H3. The minimum Gasteiger partial charge on any atom is -0.478 e. The number of hydrogen-bond donors (Lipinski definition) is 0. The molecule has 0 amide bonds. The Morgan fingerprint density at radius 1 is 1.43 bits per heavy atom. The third-order valence-electron chi connectivity index (χ3n) is 2.15. The van der Waals surface area contributed by atoms with Crippen molar-refractivity contribution in [1.82, 2.24) is 4.98 Å². The molecule has 1 rings (SSSR count). The van der Waals surface area contributed by atoms with E-state index in [0.717, 1.165) is 25.3 Å². The lowest BCUT2D eigenvalue weighted by Crippen LogP contribution is -2.02. The van der Waals surface area contributed by atoms with Crippen molar-refractivity contribution in [2.75, 3.05) is 6.61 Å². The average molecular weight is 193 g/mol. The van der Waals surface area contributed by atoms with Gasteiger partial charge in [-0.05, 0) is 30.4 Å². The van der Waals surface area contributed by atoms with E-state index >= 15 is 0 Å². The largest absolute Gasteiger partial charge is 0.478 e. The predicted octanol–water partition coefficient (Wildman–Crippen LogP) is 3.07. The maximum atomic E-state index is 5.55. The molecule has 0 aliphatic heterocycles. The van der Waals surface area contributed by atoms with E-state index in [-0.39, 0.29) is 0 Å². The van der Waals surface area contributed by atoms with Crippen LogP contribution < -0.4 is 4.74 Å². The van der Waals surface area contributed by atoms with Crippen molar-refractivity contribution in [3.63, 3.8) is 0 Å². The Balaban J connectivity index is 2.42. The maximum Gasteiger partial charge on any atom is 0.213 e. The molecule has 0 bridgehead atoms. The number of hydrogen-bond acceptors (Lipinski definition) is 2. The molecule has 1 aromatic rings. The number of rotatable bonds is 5.